The van der Waals surface area contributed by atoms with E-state index in [0.29, 0.717) is 13.0 Å². The highest BCUT2D eigenvalue weighted by atomic mass is 16.4. The largest absolute Gasteiger partial charge is 0.481 e. The smallest absolute Gasteiger partial charge is 0.303 e. The molecule has 6 heteroatoms. The van der Waals surface area contributed by atoms with E-state index in [1.54, 1.807) is 0 Å². The number of likely N-dealkylation sites (N-methyl/N-ethyl adjacent to an activating group) is 1. The zero-order valence-corrected chi connectivity index (χ0v) is 15.6. The Bertz CT molecular complexity index is 372. The highest BCUT2D eigenvalue weighted by Crippen LogP contribution is 2.10. The molecule has 0 rings (SSSR count). The fraction of sp³-hybridized carbons (Fsp3) is 0.789. The van der Waals surface area contributed by atoms with Crippen molar-refractivity contribution in [3.63, 3.8) is 0 Å². The van der Waals surface area contributed by atoms with Gasteiger partial charge in [0.15, 0.2) is 6.23 Å². The number of carboxylic acid groups (broad SMARTS) is 1. The molecular formula is C19H36N2O4. The summed E-state index contributed by atoms with van der Waals surface area (Å²) < 4.78 is 0. The number of aliphatic carboxylic acids is 1. The molecule has 146 valence electrons. The zero-order valence-electron chi connectivity index (χ0n) is 15.6. The first kappa shape index (κ1) is 23.6. The number of hydrogen-bond donors (Lipinski definition) is 4. The number of carbonyl (C=O) groups is 2. The van der Waals surface area contributed by atoms with E-state index in [-0.39, 0.29) is 0 Å². The Labute approximate surface area is 152 Å². The van der Waals surface area contributed by atoms with Crippen LogP contribution in [0.4, 0.5) is 0 Å². The van der Waals surface area contributed by atoms with Crippen molar-refractivity contribution in [2.45, 2.75) is 83.3 Å². The summed E-state index contributed by atoms with van der Waals surface area (Å²) in [7, 11) is 1.50. The summed E-state index contributed by atoms with van der Waals surface area (Å²) in [5, 5.41) is 23.1. The van der Waals surface area contributed by atoms with Crippen molar-refractivity contribution in [1.82, 2.24) is 10.6 Å². The van der Waals surface area contributed by atoms with Crippen molar-refractivity contribution in [2.24, 2.45) is 0 Å². The molecule has 0 aromatic carbocycles. The lowest BCUT2D eigenvalue weighted by molar-refractivity contribution is -0.137. The first-order valence-electron chi connectivity index (χ1n) is 9.57. The molecule has 1 atom stereocenters. The van der Waals surface area contributed by atoms with Crippen LogP contribution in [0.1, 0.15) is 77.0 Å². The molecule has 0 saturated heterocycles. The van der Waals surface area contributed by atoms with Crippen molar-refractivity contribution < 1.29 is 19.8 Å². The maximum Gasteiger partial charge on any atom is 0.303 e. The highest BCUT2D eigenvalue weighted by molar-refractivity contribution is 5.79. The first-order valence-corrected chi connectivity index (χ1v) is 9.57. The quantitative estimate of drug-likeness (QED) is 0.182. The van der Waals surface area contributed by atoms with Gasteiger partial charge in [0, 0.05) is 13.5 Å². The van der Waals surface area contributed by atoms with Crippen LogP contribution in [0.15, 0.2) is 12.2 Å². The van der Waals surface area contributed by atoms with Gasteiger partial charge in [-0.05, 0) is 45.1 Å². The molecule has 0 fully saturated rings. The molecule has 0 spiro atoms. The number of carbonyl (C=O) groups excluding carboxylic acids is 1. The summed E-state index contributed by atoms with van der Waals surface area (Å²) in [6, 6.07) is 0. The van der Waals surface area contributed by atoms with Crippen molar-refractivity contribution >= 4 is 11.9 Å². The number of carboxylic acids is 1. The van der Waals surface area contributed by atoms with E-state index in [9.17, 15) is 14.7 Å². The summed E-state index contributed by atoms with van der Waals surface area (Å²) >= 11 is 0. The molecular weight excluding hydrogens is 320 g/mol. The molecule has 0 aliphatic heterocycles. The van der Waals surface area contributed by atoms with Crippen molar-refractivity contribution in [1.29, 1.82) is 0 Å². The third-order valence-corrected chi connectivity index (χ3v) is 4.06. The number of amides is 1. The number of aliphatic hydroxyl groups excluding tert-OH is 1. The minimum atomic E-state index is -1.11. The average molecular weight is 357 g/mol. The predicted octanol–water partition coefficient (Wildman–Crippen LogP) is 2.96. The van der Waals surface area contributed by atoms with Crippen LogP contribution in [0.25, 0.3) is 0 Å². The van der Waals surface area contributed by atoms with Gasteiger partial charge in [-0.2, -0.15) is 0 Å². The Balaban J connectivity index is 3.23. The normalized spacial score (nSPS) is 12.4. The van der Waals surface area contributed by atoms with E-state index in [4.69, 9.17) is 5.11 Å². The average Bonchev–Trinajstić information content (AvgIpc) is 2.60. The van der Waals surface area contributed by atoms with Crippen molar-refractivity contribution in [2.75, 3.05) is 13.6 Å². The third-order valence-electron chi connectivity index (χ3n) is 4.06. The second-order valence-electron chi connectivity index (χ2n) is 6.35. The maximum atomic E-state index is 11.1. The number of unbranched alkanes of at least 4 members (excludes halogenated alkanes) is 9. The highest BCUT2D eigenvalue weighted by Gasteiger charge is 2.10. The van der Waals surface area contributed by atoms with Crippen molar-refractivity contribution in [3.05, 3.63) is 12.2 Å². The number of hydrogen-bond acceptors (Lipinski definition) is 4. The first-order chi connectivity index (χ1) is 12.1. The molecule has 1 amide bonds. The van der Waals surface area contributed by atoms with Gasteiger partial charge in [-0.15, -0.1) is 0 Å². The Morgan fingerprint density at radius 1 is 0.880 bits per heavy atom. The van der Waals surface area contributed by atoms with E-state index in [2.05, 4.69) is 22.8 Å². The molecule has 0 saturated carbocycles. The van der Waals surface area contributed by atoms with E-state index in [1.807, 2.05) is 0 Å². The van der Waals surface area contributed by atoms with Gasteiger partial charge in [0.1, 0.15) is 0 Å². The number of allylic oxidation sites excluding steroid dienone is 2. The lowest BCUT2D eigenvalue weighted by Crippen LogP contribution is -2.42. The van der Waals surface area contributed by atoms with Crippen LogP contribution < -0.4 is 10.6 Å². The zero-order chi connectivity index (χ0) is 18.8. The van der Waals surface area contributed by atoms with Gasteiger partial charge in [-0.1, -0.05) is 44.3 Å². The molecule has 1 unspecified atom stereocenters. The Kier molecular flexibility index (Phi) is 16.4. The van der Waals surface area contributed by atoms with Crippen LogP contribution in [0, 0.1) is 0 Å². The SMILES string of the molecule is CNC(=O)C(O)NCCCCC=CCCCCCCCCCC(=O)O. The molecule has 6 nitrogen and oxygen atoms in total. The molecule has 0 bridgehead atoms. The van der Waals surface area contributed by atoms with Crippen molar-refractivity contribution in [3.8, 4) is 0 Å². The van der Waals surface area contributed by atoms with E-state index in [1.165, 1.54) is 32.7 Å². The van der Waals surface area contributed by atoms with Gasteiger partial charge in [0.25, 0.3) is 5.91 Å². The Morgan fingerprint density at radius 3 is 1.96 bits per heavy atom. The summed E-state index contributed by atoms with van der Waals surface area (Å²) in [4.78, 5) is 21.4. The molecule has 0 aliphatic rings. The minimum Gasteiger partial charge on any atom is -0.481 e. The second-order valence-corrected chi connectivity index (χ2v) is 6.35. The summed E-state index contributed by atoms with van der Waals surface area (Å²) in [6.45, 7) is 0.634. The Morgan fingerprint density at radius 2 is 1.40 bits per heavy atom. The summed E-state index contributed by atoms with van der Waals surface area (Å²) in [5.74, 6) is -1.09. The van der Waals surface area contributed by atoms with Gasteiger partial charge in [-0.25, -0.2) is 0 Å². The van der Waals surface area contributed by atoms with E-state index >= 15 is 0 Å². The van der Waals surface area contributed by atoms with Gasteiger partial charge >= 0.3 is 5.97 Å². The topological polar surface area (TPSA) is 98.7 Å². The van der Waals surface area contributed by atoms with Crippen LogP contribution in [0.3, 0.4) is 0 Å². The fourth-order valence-electron chi connectivity index (χ4n) is 2.51. The van der Waals surface area contributed by atoms with Gasteiger partial charge in [0.2, 0.25) is 0 Å². The number of aliphatic hydroxyl groups is 1. The van der Waals surface area contributed by atoms with Gasteiger partial charge < -0.3 is 15.5 Å². The molecule has 0 aliphatic carbocycles. The molecule has 0 aromatic rings. The van der Waals surface area contributed by atoms with Crippen LogP contribution in [-0.2, 0) is 9.59 Å². The summed E-state index contributed by atoms with van der Waals surface area (Å²) in [6.07, 6.45) is 15.6. The van der Waals surface area contributed by atoms with E-state index < -0.39 is 18.1 Å². The monoisotopic (exact) mass is 356 g/mol. The molecule has 0 aromatic heterocycles. The second kappa shape index (κ2) is 17.4. The Hall–Kier alpha value is -1.40. The maximum absolute atomic E-state index is 11.1. The van der Waals surface area contributed by atoms with Crippen LogP contribution >= 0.6 is 0 Å². The van der Waals surface area contributed by atoms with Crippen LogP contribution in [0.5, 0.6) is 0 Å². The summed E-state index contributed by atoms with van der Waals surface area (Å²) in [5.41, 5.74) is 0. The molecule has 0 radical (unpaired) electrons. The molecule has 25 heavy (non-hydrogen) atoms. The standard InChI is InChI=1S/C19H36N2O4/c1-20-18(24)19(25)21-16-14-12-10-8-6-4-2-3-5-7-9-11-13-15-17(22)23/h6,8,19,21,25H,2-5,7,9-16H2,1H3,(H,20,24)(H,22,23). The number of nitrogens with one attached hydrogen (secondary N) is 2. The minimum absolute atomic E-state index is 0.301. The molecule has 4 N–H and O–H groups in total. The third kappa shape index (κ3) is 17.2. The van der Waals surface area contributed by atoms with Gasteiger partial charge in [0.05, 0.1) is 0 Å². The van der Waals surface area contributed by atoms with E-state index in [0.717, 1.165) is 44.9 Å². The fourth-order valence-corrected chi connectivity index (χ4v) is 2.51. The van der Waals surface area contributed by atoms with Crippen LogP contribution in [0.2, 0.25) is 0 Å². The van der Waals surface area contributed by atoms with Gasteiger partial charge in [-0.3, -0.25) is 14.9 Å². The molecule has 0 heterocycles. The van der Waals surface area contributed by atoms with Crippen LogP contribution in [-0.4, -0.2) is 41.9 Å². The predicted molar refractivity (Wildman–Crippen MR) is 100 cm³/mol. The lowest BCUT2D eigenvalue weighted by Gasteiger charge is -2.10. The lowest BCUT2D eigenvalue weighted by atomic mass is 10.1. The number of rotatable bonds is 17.